The second-order valence-electron chi connectivity index (χ2n) is 6.33. The summed E-state index contributed by atoms with van der Waals surface area (Å²) in [5, 5.41) is 6.32. The van der Waals surface area contributed by atoms with Crippen LogP contribution >= 0.6 is 24.0 Å². The highest BCUT2D eigenvalue weighted by molar-refractivity contribution is 14.0. The molecule has 0 aliphatic heterocycles. The summed E-state index contributed by atoms with van der Waals surface area (Å²) in [5.41, 5.74) is 1.22. The molecular weight excluding hydrogens is 499 g/mol. The van der Waals surface area contributed by atoms with Crippen molar-refractivity contribution in [2.45, 2.75) is 18.2 Å². The predicted molar refractivity (Wildman–Crippen MR) is 132 cm³/mol. The topological polar surface area (TPSA) is 73.8 Å². The SMILES string of the molecule is CCN(CCCNC(=NC)NCCS(=O)(=O)c1ccccc1)c1ccccc1.I. The standard InChI is InChI=1S/C21H30N4O2S.HI/c1-3-25(19-11-6-4-7-12-19)17-10-15-23-21(22-2)24-16-18-28(26,27)20-13-8-5-9-14-20;/h4-9,11-14H,3,10,15-18H2,1-2H3,(H2,22,23,24);1H. The Hall–Kier alpha value is -1.81. The minimum Gasteiger partial charge on any atom is -0.372 e. The first-order chi connectivity index (χ1) is 13.6. The Bertz CT molecular complexity index is 830. The third-order valence-electron chi connectivity index (χ3n) is 4.39. The van der Waals surface area contributed by atoms with Gasteiger partial charge in [-0.1, -0.05) is 36.4 Å². The van der Waals surface area contributed by atoms with Crippen LogP contribution in [-0.2, 0) is 9.84 Å². The number of aliphatic imine (C=N–C) groups is 1. The van der Waals surface area contributed by atoms with E-state index in [-0.39, 0.29) is 29.7 Å². The average molecular weight is 530 g/mol. The highest BCUT2D eigenvalue weighted by atomic mass is 127. The van der Waals surface area contributed by atoms with E-state index in [1.165, 1.54) is 5.69 Å². The first-order valence-corrected chi connectivity index (χ1v) is 11.2. The van der Waals surface area contributed by atoms with Crippen LogP contribution in [0.2, 0.25) is 0 Å². The number of halogens is 1. The first kappa shape index (κ1) is 25.2. The zero-order valence-corrected chi connectivity index (χ0v) is 20.2. The van der Waals surface area contributed by atoms with E-state index in [0.717, 1.165) is 26.1 Å². The number of nitrogens with zero attached hydrogens (tertiary/aromatic N) is 2. The van der Waals surface area contributed by atoms with E-state index in [1.807, 2.05) is 18.2 Å². The van der Waals surface area contributed by atoms with Gasteiger partial charge in [-0.25, -0.2) is 8.42 Å². The van der Waals surface area contributed by atoms with Crippen molar-refractivity contribution in [3.8, 4) is 0 Å². The monoisotopic (exact) mass is 530 g/mol. The van der Waals surface area contributed by atoms with Crippen LogP contribution in [0, 0.1) is 0 Å². The molecule has 0 atom stereocenters. The molecular formula is C21H31IN4O2S. The summed E-state index contributed by atoms with van der Waals surface area (Å²) in [6, 6.07) is 18.9. The highest BCUT2D eigenvalue weighted by Crippen LogP contribution is 2.12. The fraction of sp³-hybridized carbons (Fsp3) is 0.381. The molecule has 0 fully saturated rings. The number of anilines is 1. The molecule has 0 spiro atoms. The summed E-state index contributed by atoms with van der Waals surface area (Å²) in [5.74, 6) is 0.640. The van der Waals surface area contributed by atoms with Crippen LogP contribution in [0.5, 0.6) is 0 Å². The van der Waals surface area contributed by atoms with Gasteiger partial charge in [0.15, 0.2) is 15.8 Å². The number of rotatable bonds is 10. The lowest BCUT2D eigenvalue weighted by Gasteiger charge is -2.23. The molecule has 2 aromatic carbocycles. The normalized spacial score (nSPS) is 11.4. The van der Waals surface area contributed by atoms with Crippen molar-refractivity contribution in [2.24, 2.45) is 4.99 Å². The molecule has 0 saturated carbocycles. The van der Waals surface area contributed by atoms with Crippen molar-refractivity contribution in [1.29, 1.82) is 0 Å². The lowest BCUT2D eigenvalue weighted by molar-refractivity contribution is 0.594. The van der Waals surface area contributed by atoms with Crippen LogP contribution in [0.4, 0.5) is 5.69 Å². The Morgan fingerprint density at radius 2 is 1.55 bits per heavy atom. The largest absolute Gasteiger partial charge is 0.372 e. The third kappa shape index (κ3) is 8.61. The first-order valence-electron chi connectivity index (χ1n) is 9.59. The molecule has 0 saturated heterocycles. The van der Waals surface area contributed by atoms with Crippen LogP contribution in [0.1, 0.15) is 13.3 Å². The number of para-hydroxylation sites is 1. The van der Waals surface area contributed by atoms with Gasteiger partial charge in [0.05, 0.1) is 10.6 Å². The molecule has 0 radical (unpaired) electrons. The van der Waals surface area contributed by atoms with Crippen molar-refractivity contribution in [3.05, 3.63) is 60.7 Å². The molecule has 0 unspecified atom stereocenters. The number of nitrogens with one attached hydrogen (secondary N) is 2. The summed E-state index contributed by atoms with van der Waals surface area (Å²) < 4.78 is 24.6. The lowest BCUT2D eigenvalue weighted by Crippen LogP contribution is -2.40. The van der Waals surface area contributed by atoms with Crippen molar-refractivity contribution < 1.29 is 8.42 Å². The third-order valence-corrected chi connectivity index (χ3v) is 6.12. The number of benzene rings is 2. The van der Waals surface area contributed by atoms with Gasteiger partial charge < -0.3 is 15.5 Å². The van der Waals surface area contributed by atoms with Gasteiger partial charge in [-0.3, -0.25) is 4.99 Å². The summed E-state index contributed by atoms with van der Waals surface area (Å²) in [6.45, 7) is 5.10. The molecule has 2 aromatic rings. The second kappa shape index (κ2) is 13.4. The number of hydrogen-bond donors (Lipinski definition) is 2. The Labute approximate surface area is 191 Å². The maximum absolute atomic E-state index is 12.3. The second-order valence-corrected chi connectivity index (χ2v) is 8.44. The number of guanidine groups is 1. The number of hydrogen-bond acceptors (Lipinski definition) is 4. The van der Waals surface area contributed by atoms with E-state index >= 15 is 0 Å². The van der Waals surface area contributed by atoms with Crippen LogP contribution in [-0.4, -0.2) is 53.4 Å². The summed E-state index contributed by atoms with van der Waals surface area (Å²) in [4.78, 5) is 6.83. The zero-order valence-electron chi connectivity index (χ0n) is 17.0. The lowest BCUT2D eigenvalue weighted by atomic mass is 10.2. The summed E-state index contributed by atoms with van der Waals surface area (Å²) in [6.07, 6.45) is 0.950. The molecule has 0 aliphatic carbocycles. The van der Waals surface area contributed by atoms with Crippen LogP contribution in [0.15, 0.2) is 70.6 Å². The van der Waals surface area contributed by atoms with Crippen molar-refractivity contribution in [1.82, 2.24) is 10.6 Å². The minimum atomic E-state index is -3.29. The average Bonchev–Trinajstić information content (AvgIpc) is 2.73. The molecule has 0 bridgehead atoms. The smallest absolute Gasteiger partial charge is 0.191 e. The van der Waals surface area contributed by atoms with Gasteiger partial charge >= 0.3 is 0 Å². The molecule has 0 aromatic heterocycles. The van der Waals surface area contributed by atoms with E-state index in [9.17, 15) is 8.42 Å². The zero-order chi connectivity index (χ0) is 20.2. The molecule has 0 aliphatic rings. The molecule has 160 valence electrons. The fourth-order valence-electron chi connectivity index (χ4n) is 2.86. The quantitative estimate of drug-likeness (QED) is 0.214. The van der Waals surface area contributed by atoms with Crippen LogP contribution < -0.4 is 15.5 Å². The molecule has 2 N–H and O–H groups in total. The fourth-order valence-corrected chi connectivity index (χ4v) is 4.03. The van der Waals surface area contributed by atoms with E-state index in [2.05, 4.69) is 39.6 Å². The van der Waals surface area contributed by atoms with Gasteiger partial charge in [0.25, 0.3) is 0 Å². The van der Waals surface area contributed by atoms with Gasteiger partial charge in [-0.2, -0.15) is 0 Å². The van der Waals surface area contributed by atoms with Crippen LogP contribution in [0.3, 0.4) is 0 Å². The molecule has 0 heterocycles. The Balaban J connectivity index is 0.00000420. The van der Waals surface area contributed by atoms with E-state index in [4.69, 9.17) is 0 Å². The van der Waals surface area contributed by atoms with E-state index in [0.29, 0.717) is 17.4 Å². The minimum absolute atomic E-state index is 0. The molecule has 0 amide bonds. The van der Waals surface area contributed by atoms with Gasteiger partial charge in [0, 0.05) is 38.9 Å². The van der Waals surface area contributed by atoms with Gasteiger partial charge in [-0.15, -0.1) is 24.0 Å². The maximum Gasteiger partial charge on any atom is 0.191 e. The molecule has 29 heavy (non-hydrogen) atoms. The Kier molecular flexibility index (Phi) is 11.7. The maximum atomic E-state index is 12.3. The van der Waals surface area contributed by atoms with Gasteiger partial charge in [0.1, 0.15) is 0 Å². The van der Waals surface area contributed by atoms with Crippen molar-refractivity contribution in [2.75, 3.05) is 43.9 Å². The predicted octanol–water partition coefficient (Wildman–Crippen LogP) is 3.16. The van der Waals surface area contributed by atoms with Crippen molar-refractivity contribution in [3.63, 3.8) is 0 Å². The summed E-state index contributed by atoms with van der Waals surface area (Å²) in [7, 11) is -1.60. The van der Waals surface area contributed by atoms with Crippen molar-refractivity contribution >= 4 is 45.5 Å². The summed E-state index contributed by atoms with van der Waals surface area (Å²) >= 11 is 0. The molecule has 6 nitrogen and oxygen atoms in total. The number of sulfone groups is 1. The van der Waals surface area contributed by atoms with E-state index < -0.39 is 9.84 Å². The van der Waals surface area contributed by atoms with E-state index in [1.54, 1.807) is 37.4 Å². The highest BCUT2D eigenvalue weighted by Gasteiger charge is 2.13. The van der Waals surface area contributed by atoms with Crippen LogP contribution in [0.25, 0.3) is 0 Å². The molecule has 2 rings (SSSR count). The van der Waals surface area contributed by atoms with Gasteiger partial charge in [0.2, 0.25) is 0 Å². The van der Waals surface area contributed by atoms with Gasteiger partial charge in [-0.05, 0) is 37.6 Å². The Morgan fingerprint density at radius 1 is 0.966 bits per heavy atom. The molecule has 8 heteroatoms. The Morgan fingerprint density at radius 3 is 2.14 bits per heavy atom.